The highest BCUT2D eigenvalue weighted by atomic mass is 35.5. The SMILES string of the molecule is NCCN(C(=O)c1cccc(F)c1)c1ccc(Cl)cc1. The first-order valence-corrected chi connectivity index (χ1v) is 6.52. The second kappa shape index (κ2) is 6.50. The van der Waals surface area contributed by atoms with Crippen LogP contribution in [0.2, 0.25) is 5.02 Å². The van der Waals surface area contributed by atoms with Crippen molar-refractivity contribution in [3.63, 3.8) is 0 Å². The third kappa shape index (κ3) is 3.35. The summed E-state index contributed by atoms with van der Waals surface area (Å²) < 4.78 is 13.2. The lowest BCUT2D eigenvalue weighted by Crippen LogP contribution is -2.35. The second-order valence-electron chi connectivity index (χ2n) is 4.23. The van der Waals surface area contributed by atoms with Crippen LogP contribution in [-0.4, -0.2) is 19.0 Å². The van der Waals surface area contributed by atoms with Crippen molar-refractivity contribution in [3.05, 3.63) is 64.9 Å². The Morgan fingerprint density at radius 3 is 2.50 bits per heavy atom. The molecule has 104 valence electrons. The van der Waals surface area contributed by atoms with E-state index in [0.29, 0.717) is 23.8 Å². The number of benzene rings is 2. The van der Waals surface area contributed by atoms with Gasteiger partial charge in [0.15, 0.2) is 0 Å². The standard InChI is InChI=1S/C15H14ClFN2O/c16-12-4-6-14(7-5-12)19(9-8-18)15(20)11-2-1-3-13(17)10-11/h1-7,10H,8-9,18H2. The molecule has 0 radical (unpaired) electrons. The summed E-state index contributed by atoms with van der Waals surface area (Å²) in [6.07, 6.45) is 0. The number of nitrogens with zero attached hydrogens (tertiary/aromatic N) is 1. The van der Waals surface area contributed by atoms with E-state index in [0.717, 1.165) is 0 Å². The molecule has 0 bridgehead atoms. The van der Waals surface area contributed by atoms with Gasteiger partial charge >= 0.3 is 0 Å². The van der Waals surface area contributed by atoms with Crippen molar-refractivity contribution >= 4 is 23.2 Å². The summed E-state index contributed by atoms with van der Waals surface area (Å²) in [4.78, 5) is 13.9. The van der Waals surface area contributed by atoms with E-state index in [2.05, 4.69) is 0 Å². The molecule has 0 aromatic heterocycles. The number of nitrogens with two attached hydrogens (primary N) is 1. The molecule has 3 nitrogen and oxygen atoms in total. The molecule has 0 fully saturated rings. The normalized spacial score (nSPS) is 10.3. The maximum absolute atomic E-state index is 13.2. The van der Waals surface area contributed by atoms with E-state index in [4.69, 9.17) is 17.3 Å². The first kappa shape index (κ1) is 14.5. The fraction of sp³-hybridized carbons (Fsp3) is 0.133. The van der Waals surface area contributed by atoms with Crippen molar-refractivity contribution in [1.29, 1.82) is 0 Å². The van der Waals surface area contributed by atoms with Crippen molar-refractivity contribution in [3.8, 4) is 0 Å². The average molecular weight is 293 g/mol. The minimum absolute atomic E-state index is 0.286. The highest BCUT2D eigenvalue weighted by Gasteiger charge is 2.17. The molecule has 0 atom stereocenters. The summed E-state index contributed by atoms with van der Waals surface area (Å²) in [7, 11) is 0. The van der Waals surface area contributed by atoms with E-state index in [1.165, 1.54) is 23.1 Å². The van der Waals surface area contributed by atoms with Crippen molar-refractivity contribution in [2.45, 2.75) is 0 Å². The number of rotatable bonds is 4. The van der Waals surface area contributed by atoms with Crippen LogP contribution < -0.4 is 10.6 Å². The van der Waals surface area contributed by atoms with E-state index in [9.17, 15) is 9.18 Å². The Bertz CT molecular complexity index is 601. The Kier molecular flexibility index (Phi) is 4.71. The molecule has 2 aromatic carbocycles. The fourth-order valence-corrected chi connectivity index (χ4v) is 2.00. The van der Waals surface area contributed by atoms with Crippen molar-refractivity contribution < 1.29 is 9.18 Å². The smallest absolute Gasteiger partial charge is 0.258 e. The largest absolute Gasteiger partial charge is 0.329 e. The van der Waals surface area contributed by atoms with Gasteiger partial charge in [-0.1, -0.05) is 17.7 Å². The van der Waals surface area contributed by atoms with Gasteiger partial charge in [0.2, 0.25) is 0 Å². The molecule has 0 aliphatic carbocycles. The lowest BCUT2D eigenvalue weighted by molar-refractivity contribution is 0.0987. The third-order valence-electron chi connectivity index (χ3n) is 2.81. The topological polar surface area (TPSA) is 46.3 Å². The molecule has 0 spiro atoms. The quantitative estimate of drug-likeness (QED) is 0.941. The van der Waals surface area contributed by atoms with Gasteiger partial charge in [0.25, 0.3) is 5.91 Å². The zero-order chi connectivity index (χ0) is 14.5. The Hall–Kier alpha value is -1.91. The monoisotopic (exact) mass is 292 g/mol. The van der Waals surface area contributed by atoms with Gasteiger partial charge in [-0.2, -0.15) is 0 Å². The van der Waals surface area contributed by atoms with Crippen molar-refractivity contribution in [2.24, 2.45) is 5.73 Å². The molecule has 1 amide bonds. The molecular formula is C15H14ClFN2O. The first-order chi connectivity index (χ1) is 9.61. The van der Waals surface area contributed by atoms with E-state index >= 15 is 0 Å². The molecule has 2 aromatic rings. The Morgan fingerprint density at radius 2 is 1.90 bits per heavy atom. The first-order valence-electron chi connectivity index (χ1n) is 6.15. The van der Waals surface area contributed by atoms with Crippen LogP contribution in [0.25, 0.3) is 0 Å². The van der Waals surface area contributed by atoms with Crippen LogP contribution in [0.4, 0.5) is 10.1 Å². The average Bonchev–Trinajstić information content (AvgIpc) is 2.45. The van der Waals surface area contributed by atoms with E-state index in [1.807, 2.05) is 0 Å². The van der Waals surface area contributed by atoms with E-state index in [-0.39, 0.29) is 11.5 Å². The van der Waals surface area contributed by atoms with Crippen LogP contribution in [-0.2, 0) is 0 Å². The van der Waals surface area contributed by atoms with Crippen LogP contribution >= 0.6 is 11.6 Å². The van der Waals surface area contributed by atoms with E-state index < -0.39 is 5.82 Å². The molecule has 0 unspecified atom stereocenters. The van der Waals surface area contributed by atoms with Crippen LogP contribution in [0.15, 0.2) is 48.5 Å². The van der Waals surface area contributed by atoms with Crippen molar-refractivity contribution in [1.82, 2.24) is 0 Å². The predicted molar refractivity (Wildman–Crippen MR) is 78.6 cm³/mol. The minimum Gasteiger partial charge on any atom is -0.329 e. The Labute approximate surface area is 121 Å². The number of carbonyl (C=O) groups excluding carboxylic acids is 1. The maximum Gasteiger partial charge on any atom is 0.258 e. The third-order valence-corrected chi connectivity index (χ3v) is 3.06. The highest BCUT2D eigenvalue weighted by molar-refractivity contribution is 6.30. The molecule has 0 aliphatic heterocycles. The maximum atomic E-state index is 13.2. The molecule has 2 rings (SSSR count). The number of hydrogen-bond donors (Lipinski definition) is 1. The lowest BCUT2D eigenvalue weighted by atomic mass is 10.1. The highest BCUT2D eigenvalue weighted by Crippen LogP contribution is 2.20. The number of anilines is 1. The number of hydrogen-bond acceptors (Lipinski definition) is 2. The summed E-state index contributed by atoms with van der Waals surface area (Å²) in [5.74, 6) is -0.739. The molecule has 0 aliphatic rings. The summed E-state index contributed by atoms with van der Waals surface area (Å²) in [6.45, 7) is 0.653. The van der Waals surface area contributed by atoms with E-state index in [1.54, 1.807) is 30.3 Å². The van der Waals surface area contributed by atoms with Gasteiger partial charge in [0.05, 0.1) is 0 Å². The summed E-state index contributed by atoms with van der Waals surface area (Å²) in [5.41, 5.74) is 6.51. The zero-order valence-corrected chi connectivity index (χ0v) is 11.5. The molecule has 20 heavy (non-hydrogen) atoms. The van der Waals surface area contributed by atoms with Gasteiger partial charge < -0.3 is 10.6 Å². The van der Waals surface area contributed by atoms with Crippen LogP contribution in [0.3, 0.4) is 0 Å². The van der Waals surface area contributed by atoms with Gasteiger partial charge in [-0.05, 0) is 42.5 Å². The molecule has 0 heterocycles. The lowest BCUT2D eigenvalue weighted by Gasteiger charge is -2.22. The van der Waals surface area contributed by atoms with Crippen molar-refractivity contribution in [2.75, 3.05) is 18.0 Å². The second-order valence-corrected chi connectivity index (χ2v) is 4.67. The predicted octanol–water partition coefficient (Wildman–Crippen LogP) is 3.08. The molecular weight excluding hydrogens is 279 g/mol. The fourth-order valence-electron chi connectivity index (χ4n) is 1.88. The summed E-state index contributed by atoms with van der Waals surface area (Å²) in [5, 5.41) is 0.583. The van der Waals surface area contributed by atoms with Gasteiger partial charge in [-0.15, -0.1) is 0 Å². The van der Waals surface area contributed by atoms with Crippen LogP contribution in [0.1, 0.15) is 10.4 Å². The summed E-state index contributed by atoms with van der Waals surface area (Å²) in [6, 6.07) is 12.4. The van der Waals surface area contributed by atoms with Crippen LogP contribution in [0, 0.1) is 5.82 Å². The number of carbonyl (C=O) groups is 1. The van der Waals surface area contributed by atoms with Crippen LogP contribution in [0.5, 0.6) is 0 Å². The van der Waals surface area contributed by atoms with Gasteiger partial charge in [-0.25, -0.2) is 4.39 Å². The van der Waals surface area contributed by atoms with Gasteiger partial charge in [0, 0.05) is 29.4 Å². The molecule has 2 N–H and O–H groups in total. The summed E-state index contributed by atoms with van der Waals surface area (Å²) >= 11 is 5.83. The van der Waals surface area contributed by atoms with Gasteiger partial charge in [-0.3, -0.25) is 4.79 Å². The zero-order valence-electron chi connectivity index (χ0n) is 10.7. The Balaban J connectivity index is 2.33. The molecule has 5 heteroatoms. The minimum atomic E-state index is -0.445. The number of halogens is 2. The molecule has 0 saturated heterocycles. The Morgan fingerprint density at radius 1 is 1.20 bits per heavy atom. The number of amides is 1. The van der Waals surface area contributed by atoms with Gasteiger partial charge in [0.1, 0.15) is 5.82 Å². The molecule has 0 saturated carbocycles.